The lowest BCUT2D eigenvalue weighted by Crippen LogP contribution is -2.43. The maximum atomic E-state index is 12.5. The minimum atomic E-state index is -3.86. The lowest BCUT2D eigenvalue weighted by molar-refractivity contribution is -0.126. The Hall–Kier alpha value is -2.01. The van der Waals surface area contributed by atoms with Gasteiger partial charge in [0.2, 0.25) is 21.8 Å². The van der Waals surface area contributed by atoms with E-state index < -0.39 is 10.0 Å². The maximum absolute atomic E-state index is 12.5. The Bertz CT molecular complexity index is 909. The van der Waals surface area contributed by atoms with Gasteiger partial charge in [-0.15, -0.1) is 0 Å². The van der Waals surface area contributed by atoms with Crippen LogP contribution in [-0.4, -0.2) is 64.0 Å². The summed E-state index contributed by atoms with van der Waals surface area (Å²) < 4.78 is 28.8. The van der Waals surface area contributed by atoms with Crippen LogP contribution in [0, 0.1) is 19.8 Å². The number of amides is 2. The van der Waals surface area contributed by atoms with Crippen molar-refractivity contribution >= 4 is 27.5 Å². The number of nitrogens with zero attached hydrogens (tertiary/aromatic N) is 1. The Balaban J connectivity index is 1.80. The number of hydrogen-bond acceptors (Lipinski definition) is 6. The number of carbonyl (C=O) groups is 2. The molecule has 2 rings (SSSR count). The molecule has 0 atom stereocenters. The second-order valence-corrected chi connectivity index (χ2v) is 10.2. The third-order valence-electron chi connectivity index (χ3n) is 5.64. The fraction of sp³-hybridized carbons (Fsp3) is 0.636. The minimum Gasteiger partial charge on any atom is -0.379 e. The zero-order valence-corrected chi connectivity index (χ0v) is 20.3. The third kappa shape index (κ3) is 8.16. The van der Waals surface area contributed by atoms with Crippen molar-refractivity contribution in [1.29, 1.82) is 0 Å². The smallest absolute Gasteiger partial charge is 0.238 e. The molecule has 180 valence electrons. The van der Waals surface area contributed by atoms with E-state index in [2.05, 4.69) is 10.6 Å². The Kier molecular flexibility index (Phi) is 9.63. The molecule has 9 nitrogen and oxygen atoms in total. The first-order valence-corrected chi connectivity index (χ1v) is 12.6. The standard InChI is InChI=1S/C22H36N4O5S/c1-15(2)31-11-5-8-24-22(28)18-6-9-26(10-7-18)14-21(27)25-20-13-19(32(23,29)30)12-16(3)17(20)4/h12-13,15,18H,5-11,14H2,1-4H3,(H,24,28)(H,25,27)(H2,23,29,30). The summed E-state index contributed by atoms with van der Waals surface area (Å²) in [5, 5.41) is 11.0. The van der Waals surface area contributed by atoms with E-state index in [1.165, 1.54) is 12.1 Å². The second-order valence-electron chi connectivity index (χ2n) is 8.62. The van der Waals surface area contributed by atoms with E-state index in [9.17, 15) is 18.0 Å². The normalized spacial score (nSPS) is 15.7. The molecule has 4 N–H and O–H groups in total. The molecule has 0 aromatic heterocycles. The number of nitrogens with one attached hydrogen (secondary N) is 2. The van der Waals surface area contributed by atoms with Gasteiger partial charge in [0.05, 0.1) is 17.5 Å². The average Bonchev–Trinajstić information content (AvgIpc) is 2.70. The van der Waals surface area contributed by atoms with E-state index in [1.54, 1.807) is 6.92 Å². The lowest BCUT2D eigenvalue weighted by atomic mass is 9.96. The van der Waals surface area contributed by atoms with Crippen LogP contribution in [0.25, 0.3) is 0 Å². The molecule has 0 saturated carbocycles. The van der Waals surface area contributed by atoms with Crippen molar-refractivity contribution in [3.8, 4) is 0 Å². The number of ether oxygens (including phenoxy) is 1. The number of nitrogens with two attached hydrogens (primary N) is 1. The first kappa shape index (κ1) is 26.2. The Morgan fingerprint density at radius 2 is 1.88 bits per heavy atom. The SMILES string of the molecule is Cc1cc(S(N)(=O)=O)cc(NC(=O)CN2CCC(C(=O)NCCCOC(C)C)CC2)c1C. The van der Waals surface area contributed by atoms with Crippen molar-refractivity contribution in [3.05, 3.63) is 23.3 Å². The molecule has 0 spiro atoms. The molecule has 10 heteroatoms. The molecule has 1 aliphatic rings. The van der Waals surface area contributed by atoms with Crippen LogP contribution in [0.3, 0.4) is 0 Å². The van der Waals surface area contributed by atoms with Gasteiger partial charge in [0.15, 0.2) is 0 Å². The second kappa shape index (κ2) is 11.7. The van der Waals surface area contributed by atoms with Crippen molar-refractivity contribution in [2.75, 3.05) is 38.1 Å². The summed E-state index contributed by atoms with van der Waals surface area (Å²) in [6.07, 6.45) is 2.37. The van der Waals surface area contributed by atoms with E-state index in [0.717, 1.165) is 17.5 Å². The van der Waals surface area contributed by atoms with Crippen LogP contribution in [0.5, 0.6) is 0 Å². The number of aryl methyl sites for hydroxylation is 1. The Morgan fingerprint density at radius 1 is 1.22 bits per heavy atom. The highest BCUT2D eigenvalue weighted by Gasteiger charge is 2.26. The number of carbonyl (C=O) groups excluding carboxylic acids is 2. The summed E-state index contributed by atoms with van der Waals surface area (Å²) in [7, 11) is -3.86. The van der Waals surface area contributed by atoms with E-state index in [-0.39, 0.29) is 35.3 Å². The van der Waals surface area contributed by atoms with Crippen LogP contribution >= 0.6 is 0 Å². The molecule has 1 heterocycles. The van der Waals surface area contributed by atoms with E-state index in [0.29, 0.717) is 44.8 Å². The van der Waals surface area contributed by atoms with Gasteiger partial charge >= 0.3 is 0 Å². The Labute approximate surface area is 191 Å². The molecule has 0 bridgehead atoms. The van der Waals surface area contributed by atoms with Crippen LogP contribution in [0.4, 0.5) is 5.69 Å². The van der Waals surface area contributed by atoms with Crippen molar-refractivity contribution in [2.45, 2.75) is 58.0 Å². The summed E-state index contributed by atoms with van der Waals surface area (Å²) in [6, 6.07) is 2.88. The molecule has 1 aromatic rings. The molecule has 0 unspecified atom stereocenters. The van der Waals surface area contributed by atoms with Gasteiger partial charge in [-0.25, -0.2) is 13.6 Å². The number of benzene rings is 1. The predicted molar refractivity (Wildman–Crippen MR) is 124 cm³/mol. The lowest BCUT2D eigenvalue weighted by Gasteiger charge is -2.30. The molecular weight excluding hydrogens is 432 g/mol. The summed E-state index contributed by atoms with van der Waals surface area (Å²) in [6.45, 7) is 10.3. The van der Waals surface area contributed by atoms with E-state index >= 15 is 0 Å². The molecule has 1 aromatic carbocycles. The number of primary sulfonamides is 1. The van der Waals surface area contributed by atoms with Crippen molar-refractivity contribution in [3.63, 3.8) is 0 Å². The number of sulfonamides is 1. The van der Waals surface area contributed by atoms with Gasteiger partial charge in [-0.1, -0.05) is 0 Å². The molecule has 1 aliphatic heterocycles. The Morgan fingerprint density at radius 3 is 2.47 bits per heavy atom. The maximum Gasteiger partial charge on any atom is 0.238 e. The fourth-order valence-electron chi connectivity index (χ4n) is 3.61. The number of piperidine rings is 1. The number of anilines is 1. The zero-order chi connectivity index (χ0) is 23.9. The van der Waals surface area contributed by atoms with Crippen LogP contribution in [-0.2, 0) is 24.3 Å². The molecule has 1 fully saturated rings. The van der Waals surface area contributed by atoms with Crippen molar-refractivity contribution in [2.24, 2.45) is 11.1 Å². The summed E-state index contributed by atoms with van der Waals surface area (Å²) in [5.74, 6) is -0.214. The average molecular weight is 469 g/mol. The summed E-state index contributed by atoms with van der Waals surface area (Å²) >= 11 is 0. The van der Waals surface area contributed by atoms with Crippen LogP contribution < -0.4 is 15.8 Å². The largest absolute Gasteiger partial charge is 0.379 e. The first-order chi connectivity index (χ1) is 15.0. The quantitative estimate of drug-likeness (QED) is 0.447. The molecule has 1 saturated heterocycles. The van der Waals surface area contributed by atoms with Gasteiger partial charge in [-0.3, -0.25) is 14.5 Å². The number of likely N-dealkylation sites (tertiary alicyclic amines) is 1. The third-order valence-corrected chi connectivity index (χ3v) is 6.53. The highest BCUT2D eigenvalue weighted by Crippen LogP contribution is 2.24. The van der Waals surface area contributed by atoms with Gasteiger partial charge in [0.25, 0.3) is 0 Å². The van der Waals surface area contributed by atoms with Crippen LogP contribution in [0.2, 0.25) is 0 Å². The fourth-order valence-corrected chi connectivity index (χ4v) is 4.24. The summed E-state index contributed by atoms with van der Waals surface area (Å²) in [4.78, 5) is 26.9. The van der Waals surface area contributed by atoms with Crippen molar-refractivity contribution in [1.82, 2.24) is 10.2 Å². The van der Waals surface area contributed by atoms with Gasteiger partial charge in [-0.2, -0.15) is 0 Å². The monoisotopic (exact) mass is 468 g/mol. The van der Waals surface area contributed by atoms with E-state index in [1.807, 2.05) is 25.7 Å². The topological polar surface area (TPSA) is 131 Å². The minimum absolute atomic E-state index is 0.0292. The zero-order valence-electron chi connectivity index (χ0n) is 19.4. The van der Waals surface area contributed by atoms with Crippen LogP contribution in [0.15, 0.2) is 17.0 Å². The predicted octanol–water partition coefficient (Wildman–Crippen LogP) is 1.53. The van der Waals surface area contributed by atoms with E-state index in [4.69, 9.17) is 9.88 Å². The first-order valence-electron chi connectivity index (χ1n) is 11.0. The van der Waals surface area contributed by atoms with Gasteiger partial charge in [-0.05, 0) is 83.3 Å². The van der Waals surface area contributed by atoms with Crippen LogP contribution in [0.1, 0.15) is 44.2 Å². The highest BCUT2D eigenvalue weighted by molar-refractivity contribution is 7.89. The molecule has 2 amide bonds. The summed E-state index contributed by atoms with van der Waals surface area (Å²) in [5.41, 5.74) is 1.96. The molecule has 32 heavy (non-hydrogen) atoms. The molecular formula is C22H36N4O5S. The highest BCUT2D eigenvalue weighted by atomic mass is 32.2. The van der Waals surface area contributed by atoms with Crippen molar-refractivity contribution < 1.29 is 22.7 Å². The molecule has 0 aliphatic carbocycles. The molecule has 0 radical (unpaired) electrons. The van der Waals surface area contributed by atoms with Gasteiger partial charge in [0.1, 0.15) is 0 Å². The number of rotatable bonds is 10. The van der Waals surface area contributed by atoms with Gasteiger partial charge in [0, 0.05) is 24.8 Å². The van der Waals surface area contributed by atoms with Gasteiger partial charge < -0.3 is 15.4 Å². The number of hydrogen-bond donors (Lipinski definition) is 3.